The Labute approximate surface area is 108 Å². The van der Waals surface area contributed by atoms with Crippen molar-refractivity contribution in [2.75, 3.05) is 26.4 Å². The Morgan fingerprint density at radius 1 is 1.41 bits per heavy atom. The molecular formula is C11H22N2O3S. The van der Waals surface area contributed by atoms with Crippen molar-refractivity contribution in [3.05, 3.63) is 0 Å². The molecule has 0 aliphatic carbocycles. The number of ether oxygens (including phenoxy) is 2. The van der Waals surface area contributed by atoms with Gasteiger partial charge >= 0.3 is 6.09 Å². The molecule has 0 saturated heterocycles. The van der Waals surface area contributed by atoms with E-state index in [1.807, 2.05) is 20.8 Å². The smallest absolute Gasteiger partial charge is 0.413 e. The van der Waals surface area contributed by atoms with Gasteiger partial charge in [-0.1, -0.05) is 13.8 Å². The van der Waals surface area contributed by atoms with Crippen LogP contribution in [-0.4, -0.2) is 37.6 Å². The molecule has 0 saturated carbocycles. The van der Waals surface area contributed by atoms with Crippen LogP contribution in [0.3, 0.4) is 0 Å². The fraction of sp³-hybridized carbons (Fsp3) is 0.818. The third kappa shape index (κ3) is 11.4. The summed E-state index contributed by atoms with van der Waals surface area (Å²) < 4.78 is 10.1. The second kappa shape index (κ2) is 10.3. The fourth-order valence-corrected chi connectivity index (χ4v) is 1.12. The standard InChI is InChI=1S/C11H22N2O3S/c1-4-15-7-5-6-12-10(17)13-11(14)16-8-9(2)3/h9H,4-8H2,1-3H3,(H2,12,13,14,17). The van der Waals surface area contributed by atoms with Crippen LogP contribution >= 0.6 is 12.2 Å². The van der Waals surface area contributed by atoms with Crippen LogP contribution in [0.4, 0.5) is 4.79 Å². The number of hydrogen-bond acceptors (Lipinski definition) is 4. The molecule has 0 bridgehead atoms. The first-order valence-electron chi connectivity index (χ1n) is 5.85. The zero-order chi connectivity index (χ0) is 13.1. The van der Waals surface area contributed by atoms with Gasteiger partial charge in [-0.2, -0.15) is 0 Å². The normalized spacial score (nSPS) is 10.1. The molecule has 0 aromatic carbocycles. The molecule has 17 heavy (non-hydrogen) atoms. The molecule has 5 nitrogen and oxygen atoms in total. The van der Waals surface area contributed by atoms with Gasteiger partial charge in [0.15, 0.2) is 5.11 Å². The summed E-state index contributed by atoms with van der Waals surface area (Å²) in [4.78, 5) is 11.2. The van der Waals surface area contributed by atoms with Crippen molar-refractivity contribution in [2.24, 2.45) is 5.92 Å². The average Bonchev–Trinajstić information content (AvgIpc) is 2.26. The highest BCUT2D eigenvalue weighted by Crippen LogP contribution is 1.92. The van der Waals surface area contributed by atoms with Crippen LogP contribution in [0.25, 0.3) is 0 Å². The summed E-state index contributed by atoms with van der Waals surface area (Å²) in [5, 5.41) is 5.63. The van der Waals surface area contributed by atoms with Gasteiger partial charge in [0.05, 0.1) is 6.61 Å². The Morgan fingerprint density at radius 2 is 2.12 bits per heavy atom. The van der Waals surface area contributed by atoms with Crippen LogP contribution in [0.5, 0.6) is 0 Å². The monoisotopic (exact) mass is 262 g/mol. The summed E-state index contributed by atoms with van der Waals surface area (Å²) in [6, 6.07) is 0. The summed E-state index contributed by atoms with van der Waals surface area (Å²) in [6.45, 7) is 8.34. The Morgan fingerprint density at radius 3 is 2.71 bits per heavy atom. The Bertz CT molecular complexity index is 235. The van der Waals surface area contributed by atoms with Gasteiger partial charge in [-0.05, 0) is 31.5 Å². The molecule has 100 valence electrons. The predicted molar refractivity (Wildman–Crippen MR) is 71.0 cm³/mol. The van der Waals surface area contributed by atoms with E-state index in [1.165, 1.54) is 0 Å². The van der Waals surface area contributed by atoms with Crippen LogP contribution in [-0.2, 0) is 9.47 Å². The maximum atomic E-state index is 11.2. The van der Waals surface area contributed by atoms with E-state index in [-0.39, 0.29) is 5.11 Å². The number of hydrogen-bond donors (Lipinski definition) is 2. The second-order valence-corrected chi connectivity index (χ2v) is 4.33. The third-order valence-corrected chi connectivity index (χ3v) is 1.96. The summed E-state index contributed by atoms with van der Waals surface area (Å²) >= 11 is 4.92. The van der Waals surface area contributed by atoms with Gasteiger partial charge in [-0.25, -0.2) is 4.79 Å². The lowest BCUT2D eigenvalue weighted by Gasteiger charge is -2.11. The topological polar surface area (TPSA) is 59.6 Å². The Hall–Kier alpha value is -0.880. The number of rotatable bonds is 7. The van der Waals surface area contributed by atoms with Crippen LogP contribution in [0.1, 0.15) is 27.2 Å². The maximum absolute atomic E-state index is 11.2. The maximum Gasteiger partial charge on any atom is 0.413 e. The van der Waals surface area contributed by atoms with Crippen molar-refractivity contribution in [1.29, 1.82) is 0 Å². The molecule has 6 heteroatoms. The van der Waals surface area contributed by atoms with E-state index in [4.69, 9.17) is 21.7 Å². The lowest BCUT2D eigenvalue weighted by molar-refractivity contribution is 0.138. The third-order valence-electron chi connectivity index (χ3n) is 1.72. The van der Waals surface area contributed by atoms with E-state index < -0.39 is 6.09 Å². The molecule has 0 aliphatic heterocycles. The lowest BCUT2D eigenvalue weighted by atomic mass is 10.2. The highest BCUT2D eigenvalue weighted by atomic mass is 32.1. The number of carbonyl (C=O) groups excluding carboxylic acids is 1. The van der Waals surface area contributed by atoms with Crippen LogP contribution in [0.2, 0.25) is 0 Å². The number of nitrogens with one attached hydrogen (secondary N) is 2. The van der Waals surface area contributed by atoms with Gasteiger partial charge in [-0.15, -0.1) is 0 Å². The molecular weight excluding hydrogens is 240 g/mol. The first-order valence-corrected chi connectivity index (χ1v) is 6.26. The predicted octanol–water partition coefficient (Wildman–Crippen LogP) is 1.67. The van der Waals surface area contributed by atoms with E-state index in [0.29, 0.717) is 32.3 Å². The molecule has 0 aromatic heterocycles. The van der Waals surface area contributed by atoms with Gasteiger partial charge in [0, 0.05) is 19.8 Å². The van der Waals surface area contributed by atoms with Crippen molar-refractivity contribution in [3.8, 4) is 0 Å². The van der Waals surface area contributed by atoms with E-state index in [0.717, 1.165) is 6.42 Å². The minimum atomic E-state index is -0.513. The van der Waals surface area contributed by atoms with Crippen LogP contribution in [0, 0.1) is 5.92 Å². The largest absolute Gasteiger partial charge is 0.449 e. The molecule has 0 heterocycles. The molecule has 0 unspecified atom stereocenters. The molecule has 0 atom stereocenters. The highest BCUT2D eigenvalue weighted by molar-refractivity contribution is 7.80. The zero-order valence-electron chi connectivity index (χ0n) is 10.7. The van der Waals surface area contributed by atoms with Crippen molar-refractivity contribution in [3.63, 3.8) is 0 Å². The van der Waals surface area contributed by atoms with Gasteiger partial charge in [0.25, 0.3) is 0 Å². The Kier molecular flexibility index (Phi) is 9.75. The van der Waals surface area contributed by atoms with Gasteiger partial charge in [-0.3, -0.25) is 5.32 Å². The quantitative estimate of drug-likeness (QED) is 0.540. The van der Waals surface area contributed by atoms with Crippen LogP contribution in [0.15, 0.2) is 0 Å². The molecule has 0 rings (SSSR count). The lowest BCUT2D eigenvalue weighted by Crippen LogP contribution is -2.40. The van der Waals surface area contributed by atoms with Crippen molar-refractivity contribution < 1.29 is 14.3 Å². The van der Waals surface area contributed by atoms with E-state index in [2.05, 4.69) is 10.6 Å². The zero-order valence-corrected chi connectivity index (χ0v) is 11.6. The van der Waals surface area contributed by atoms with Crippen molar-refractivity contribution in [1.82, 2.24) is 10.6 Å². The molecule has 1 amide bonds. The minimum absolute atomic E-state index is 0.287. The first kappa shape index (κ1) is 16.1. The molecule has 0 aromatic rings. The number of thiocarbonyl (C=S) groups is 1. The second-order valence-electron chi connectivity index (χ2n) is 3.92. The van der Waals surface area contributed by atoms with E-state index in [9.17, 15) is 4.79 Å². The van der Waals surface area contributed by atoms with Crippen molar-refractivity contribution >= 4 is 23.4 Å². The summed E-state index contributed by atoms with van der Waals surface area (Å²) in [7, 11) is 0. The molecule has 0 fully saturated rings. The summed E-state index contributed by atoms with van der Waals surface area (Å²) in [5.74, 6) is 0.313. The summed E-state index contributed by atoms with van der Waals surface area (Å²) in [6.07, 6.45) is 0.331. The molecule has 0 spiro atoms. The van der Waals surface area contributed by atoms with E-state index in [1.54, 1.807) is 0 Å². The van der Waals surface area contributed by atoms with Gasteiger partial charge in [0.2, 0.25) is 0 Å². The average molecular weight is 262 g/mol. The molecule has 0 radical (unpaired) electrons. The number of amides is 1. The highest BCUT2D eigenvalue weighted by Gasteiger charge is 2.05. The SMILES string of the molecule is CCOCCCNC(=S)NC(=O)OCC(C)C. The molecule has 0 aliphatic rings. The van der Waals surface area contributed by atoms with Crippen LogP contribution < -0.4 is 10.6 Å². The number of carbonyl (C=O) groups is 1. The minimum Gasteiger partial charge on any atom is -0.449 e. The first-order chi connectivity index (χ1) is 8.06. The Balaban J connectivity index is 3.47. The van der Waals surface area contributed by atoms with Gasteiger partial charge in [0.1, 0.15) is 0 Å². The molecule has 2 N–H and O–H groups in total. The van der Waals surface area contributed by atoms with Crippen molar-refractivity contribution in [2.45, 2.75) is 27.2 Å². The fourth-order valence-electron chi connectivity index (χ4n) is 0.936. The number of alkyl carbamates (subject to hydrolysis) is 1. The van der Waals surface area contributed by atoms with Gasteiger partial charge < -0.3 is 14.8 Å². The summed E-state index contributed by atoms with van der Waals surface area (Å²) in [5.41, 5.74) is 0. The van der Waals surface area contributed by atoms with E-state index >= 15 is 0 Å².